The fourth-order valence-electron chi connectivity index (χ4n) is 0.804. The van der Waals surface area contributed by atoms with Crippen LogP contribution in [0.5, 0.6) is 5.75 Å². The molecule has 1 amide bonds. The predicted octanol–water partition coefficient (Wildman–Crippen LogP) is 1.01. The molecule has 2 N–H and O–H groups in total. The number of aromatic hydroxyl groups is 1. The zero-order valence-electron chi connectivity index (χ0n) is 7.78. The van der Waals surface area contributed by atoms with Gasteiger partial charge in [-0.15, -0.1) is 0 Å². The molecular weight excluding hydrogens is 229 g/mol. The first-order chi connectivity index (χ1) is 7.40. The Labute approximate surface area is 87.8 Å². The molecule has 8 heteroatoms. The van der Waals surface area contributed by atoms with E-state index in [4.69, 9.17) is 5.11 Å². The first-order valence-electron chi connectivity index (χ1n) is 4.03. The van der Waals surface area contributed by atoms with E-state index in [-0.39, 0.29) is 0 Å². The van der Waals surface area contributed by atoms with Crippen molar-refractivity contribution in [3.05, 3.63) is 24.0 Å². The van der Waals surface area contributed by atoms with Crippen molar-refractivity contribution in [1.82, 2.24) is 10.5 Å². The Morgan fingerprint density at radius 1 is 1.56 bits per heavy atom. The number of carbonyl (C=O) groups excluding carboxylic acids is 1. The van der Waals surface area contributed by atoms with Crippen molar-refractivity contribution in [2.45, 2.75) is 6.18 Å². The lowest BCUT2D eigenvalue weighted by Gasteiger charge is -2.08. The lowest BCUT2D eigenvalue weighted by molar-refractivity contribution is -0.184. The van der Waals surface area contributed by atoms with Crippen LogP contribution in [0, 0.1) is 0 Å². The highest BCUT2D eigenvalue weighted by atomic mass is 19.4. The van der Waals surface area contributed by atoms with Gasteiger partial charge in [0.2, 0.25) is 0 Å². The highest BCUT2D eigenvalue weighted by Gasteiger charge is 2.28. The van der Waals surface area contributed by atoms with E-state index in [1.807, 2.05) is 0 Å². The molecule has 0 aromatic carbocycles. The van der Waals surface area contributed by atoms with Gasteiger partial charge in [-0.05, 0) is 12.1 Å². The number of pyridine rings is 1. The van der Waals surface area contributed by atoms with Crippen LogP contribution in [0.25, 0.3) is 0 Å². The Morgan fingerprint density at radius 3 is 2.81 bits per heavy atom. The van der Waals surface area contributed by atoms with Gasteiger partial charge < -0.3 is 5.11 Å². The minimum absolute atomic E-state index is 0.412. The summed E-state index contributed by atoms with van der Waals surface area (Å²) in [4.78, 5) is 18.5. The minimum atomic E-state index is -4.54. The molecule has 0 aliphatic heterocycles. The van der Waals surface area contributed by atoms with Crippen molar-refractivity contribution >= 4 is 5.91 Å². The largest absolute Gasteiger partial charge is 0.505 e. The van der Waals surface area contributed by atoms with Crippen LogP contribution in [0.2, 0.25) is 0 Å². The maximum atomic E-state index is 11.6. The summed E-state index contributed by atoms with van der Waals surface area (Å²) in [5, 5.41) is 9.14. The molecule has 0 bridgehead atoms. The molecule has 0 atom stereocenters. The highest BCUT2D eigenvalue weighted by Crippen LogP contribution is 2.14. The molecule has 0 unspecified atom stereocenters. The van der Waals surface area contributed by atoms with Crippen LogP contribution in [0.4, 0.5) is 13.2 Å². The second-order valence-corrected chi connectivity index (χ2v) is 2.71. The maximum absolute atomic E-state index is 11.6. The molecule has 0 spiro atoms. The van der Waals surface area contributed by atoms with Gasteiger partial charge in [-0.1, -0.05) is 0 Å². The van der Waals surface area contributed by atoms with Gasteiger partial charge in [0, 0.05) is 6.20 Å². The van der Waals surface area contributed by atoms with Gasteiger partial charge in [0.15, 0.2) is 12.3 Å². The van der Waals surface area contributed by atoms with Crippen molar-refractivity contribution in [1.29, 1.82) is 0 Å². The topological polar surface area (TPSA) is 71.5 Å². The fourth-order valence-corrected chi connectivity index (χ4v) is 0.804. The summed E-state index contributed by atoms with van der Waals surface area (Å²) in [7, 11) is 0. The summed E-state index contributed by atoms with van der Waals surface area (Å²) in [5.41, 5.74) is 1.10. The third-order valence-corrected chi connectivity index (χ3v) is 1.40. The van der Waals surface area contributed by atoms with Gasteiger partial charge in [-0.2, -0.15) is 13.2 Å². The van der Waals surface area contributed by atoms with Gasteiger partial charge in [0.25, 0.3) is 5.91 Å². The molecule has 0 fully saturated rings. The molecule has 0 aliphatic rings. The Kier molecular flexibility index (Phi) is 3.67. The number of hydroxylamine groups is 1. The summed E-state index contributed by atoms with van der Waals surface area (Å²) in [5.74, 6) is -1.50. The zero-order chi connectivity index (χ0) is 12.2. The third kappa shape index (κ3) is 3.73. The summed E-state index contributed by atoms with van der Waals surface area (Å²) in [6.45, 7) is -1.62. The molecule has 16 heavy (non-hydrogen) atoms. The second-order valence-electron chi connectivity index (χ2n) is 2.71. The molecule has 0 aliphatic carbocycles. The van der Waals surface area contributed by atoms with Gasteiger partial charge in [-0.3, -0.25) is 9.63 Å². The number of amides is 1. The van der Waals surface area contributed by atoms with E-state index in [0.29, 0.717) is 0 Å². The van der Waals surface area contributed by atoms with Crippen molar-refractivity contribution in [3.63, 3.8) is 0 Å². The lowest BCUT2D eigenvalue weighted by atomic mass is 10.3. The van der Waals surface area contributed by atoms with E-state index in [2.05, 4.69) is 9.82 Å². The Balaban J connectivity index is 2.51. The SMILES string of the molecule is O=C(NOCC(F)(F)F)c1ncccc1O. The normalized spacial score (nSPS) is 11.2. The number of nitrogens with zero attached hydrogens (tertiary/aromatic N) is 1. The number of rotatable bonds is 3. The lowest BCUT2D eigenvalue weighted by Crippen LogP contribution is -2.30. The van der Waals surface area contributed by atoms with E-state index >= 15 is 0 Å². The maximum Gasteiger partial charge on any atom is 0.414 e. The van der Waals surface area contributed by atoms with Crippen LogP contribution in [0.1, 0.15) is 10.5 Å². The standard InChI is InChI=1S/C8H7F3N2O3/c9-8(10,11)4-16-13-7(15)6-5(14)2-1-3-12-6/h1-3,14H,4H2,(H,13,15). The van der Waals surface area contributed by atoms with Crippen molar-refractivity contribution in [2.75, 3.05) is 6.61 Å². The molecule has 0 saturated carbocycles. The van der Waals surface area contributed by atoms with E-state index in [1.54, 1.807) is 0 Å². The first-order valence-corrected chi connectivity index (χ1v) is 4.03. The highest BCUT2D eigenvalue weighted by molar-refractivity contribution is 5.93. The molecule has 1 aromatic heterocycles. The molecule has 5 nitrogen and oxygen atoms in total. The predicted molar refractivity (Wildman–Crippen MR) is 45.4 cm³/mol. The van der Waals surface area contributed by atoms with Crippen LogP contribution >= 0.6 is 0 Å². The number of alkyl halides is 3. The monoisotopic (exact) mass is 236 g/mol. The Bertz CT molecular complexity index is 381. The van der Waals surface area contributed by atoms with Gasteiger partial charge in [-0.25, -0.2) is 10.5 Å². The number of carbonyl (C=O) groups is 1. The zero-order valence-corrected chi connectivity index (χ0v) is 7.78. The molecule has 1 aromatic rings. The van der Waals surface area contributed by atoms with Crippen LogP contribution < -0.4 is 5.48 Å². The van der Waals surface area contributed by atoms with E-state index in [9.17, 15) is 18.0 Å². The van der Waals surface area contributed by atoms with Crippen LogP contribution in [-0.4, -0.2) is 28.8 Å². The summed E-state index contributed by atoms with van der Waals surface area (Å²) in [6.07, 6.45) is -3.34. The number of hydrogen-bond donors (Lipinski definition) is 2. The summed E-state index contributed by atoms with van der Waals surface area (Å²) in [6, 6.07) is 2.54. The Hall–Kier alpha value is -1.83. The number of nitrogens with one attached hydrogen (secondary N) is 1. The molecule has 0 saturated heterocycles. The molecule has 88 valence electrons. The quantitative estimate of drug-likeness (QED) is 0.768. The van der Waals surface area contributed by atoms with E-state index < -0.39 is 30.1 Å². The van der Waals surface area contributed by atoms with E-state index in [0.717, 1.165) is 0 Å². The van der Waals surface area contributed by atoms with Crippen molar-refractivity contribution in [3.8, 4) is 5.75 Å². The Morgan fingerprint density at radius 2 is 2.25 bits per heavy atom. The molecule has 0 radical (unpaired) electrons. The van der Waals surface area contributed by atoms with Crippen LogP contribution in [0.15, 0.2) is 18.3 Å². The smallest absolute Gasteiger partial charge is 0.414 e. The molecule has 1 heterocycles. The average molecular weight is 236 g/mol. The molecule has 1 rings (SSSR count). The van der Waals surface area contributed by atoms with Crippen LogP contribution in [0.3, 0.4) is 0 Å². The third-order valence-electron chi connectivity index (χ3n) is 1.40. The van der Waals surface area contributed by atoms with Gasteiger partial charge >= 0.3 is 6.18 Å². The molecular formula is C8H7F3N2O3. The summed E-state index contributed by atoms with van der Waals surface area (Å²) >= 11 is 0. The number of halogens is 3. The summed E-state index contributed by atoms with van der Waals surface area (Å²) < 4.78 is 34.9. The van der Waals surface area contributed by atoms with Gasteiger partial charge in [0.1, 0.15) is 5.75 Å². The minimum Gasteiger partial charge on any atom is -0.505 e. The first kappa shape index (κ1) is 12.2. The van der Waals surface area contributed by atoms with Gasteiger partial charge in [0.05, 0.1) is 0 Å². The number of hydrogen-bond acceptors (Lipinski definition) is 4. The van der Waals surface area contributed by atoms with E-state index in [1.165, 1.54) is 23.8 Å². The second kappa shape index (κ2) is 4.79. The van der Waals surface area contributed by atoms with Crippen molar-refractivity contribution < 1.29 is 27.9 Å². The van der Waals surface area contributed by atoms with Crippen molar-refractivity contribution in [2.24, 2.45) is 0 Å². The average Bonchev–Trinajstić information content (AvgIpc) is 2.16. The number of aromatic nitrogens is 1. The van der Waals surface area contributed by atoms with Crippen LogP contribution in [-0.2, 0) is 4.84 Å². The fraction of sp³-hybridized carbons (Fsp3) is 0.250.